The first-order valence-corrected chi connectivity index (χ1v) is 9.98. The van der Waals surface area contributed by atoms with Crippen molar-refractivity contribution in [3.8, 4) is 5.75 Å². The number of anilines is 2. The molecule has 0 spiro atoms. The number of nitrogens with one attached hydrogen (secondary N) is 1. The maximum atomic E-state index is 13.5. The van der Waals surface area contributed by atoms with E-state index >= 15 is 0 Å². The molecule has 1 N–H and O–H groups in total. The van der Waals surface area contributed by atoms with Gasteiger partial charge >= 0.3 is 0 Å². The number of carbonyl (C=O) groups excluding carboxylic acids is 2. The van der Waals surface area contributed by atoms with Crippen LogP contribution in [0.4, 0.5) is 21.6 Å². The molecule has 0 aliphatic carbocycles. The minimum atomic E-state index is -0.425. The van der Waals surface area contributed by atoms with Gasteiger partial charge in [0.2, 0.25) is 11.8 Å². The van der Waals surface area contributed by atoms with Crippen molar-refractivity contribution in [1.82, 2.24) is 4.98 Å². The van der Waals surface area contributed by atoms with Gasteiger partial charge in [-0.3, -0.25) is 14.5 Å². The third kappa shape index (κ3) is 4.49. The van der Waals surface area contributed by atoms with Crippen LogP contribution in [0.3, 0.4) is 0 Å². The molecule has 0 bridgehead atoms. The molecule has 32 heavy (non-hydrogen) atoms. The van der Waals surface area contributed by atoms with E-state index in [2.05, 4.69) is 15.3 Å². The molecule has 0 atom stereocenters. The van der Waals surface area contributed by atoms with E-state index < -0.39 is 5.91 Å². The van der Waals surface area contributed by atoms with Crippen LogP contribution in [-0.4, -0.2) is 36.2 Å². The van der Waals surface area contributed by atoms with E-state index in [0.717, 1.165) is 5.56 Å². The summed E-state index contributed by atoms with van der Waals surface area (Å²) in [6, 6.07) is 15.1. The molecule has 0 unspecified atom stereocenters. The third-order valence-electron chi connectivity index (χ3n) is 5.04. The largest absolute Gasteiger partial charge is 0.497 e. The number of hydrogen-bond acceptors (Lipinski definition) is 5. The summed E-state index contributed by atoms with van der Waals surface area (Å²) in [5.41, 5.74) is 2.66. The number of ether oxygens (including phenoxy) is 1. The highest BCUT2D eigenvalue weighted by Crippen LogP contribution is 2.31. The Balaban J connectivity index is 1.60. The summed E-state index contributed by atoms with van der Waals surface area (Å²) < 4.78 is 18.8. The molecule has 2 amide bonds. The van der Waals surface area contributed by atoms with Crippen molar-refractivity contribution in [3.63, 3.8) is 0 Å². The summed E-state index contributed by atoms with van der Waals surface area (Å²) in [5.74, 6) is -0.133. The van der Waals surface area contributed by atoms with Gasteiger partial charge in [-0.1, -0.05) is 12.1 Å². The smallest absolute Gasteiger partial charge is 0.244 e. The van der Waals surface area contributed by atoms with Crippen LogP contribution >= 0.6 is 0 Å². The Labute approximate surface area is 184 Å². The highest BCUT2D eigenvalue weighted by Gasteiger charge is 2.28. The molecule has 0 radical (unpaired) electrons. The van der Waals surface area contributed by atoms with Gasteiger partial charge in [0, 0.05) is 17.4 Å². The number of carbonyl (C=O) groups is 2. The molecule has 1 aliphatic rings. The van der Waals surface area contributed by atoms with Gasteiger partial charge in [0.15, 0.2) is 5.82 Å². The van der Waals surface area contributed by atoms with Crippen LogP contribution in [0.25, 0.3) is 0 Å². The van der Waals surface area contributed by atoms with Crippen LogP contribution in [0.15, 0.2) is 65.8 Å². The fraction of sp³-hybridized carbons (Fsp3) is 0.167. The van der Waals surface area contributed by atoms with E-state index in [-0.39, 0.29) is 24.7 Å². The fourth-order valence-corrected chi connectivity index (χ4v) is 3.42. The van der Waals surface area contributed by atoms with Crippen molar-refractivity contribution in [2.75, 3.05) is 23.9 Å². The molecule has 1 aliphatic heterocycles. The number of fused-ring (bicyclic) bond motifs is 1. The van der Waals surface area contributed by atoms with Gasteiger partial charge in [-0.25, -0.2) is 14.4 Å². The summed E-state index contributed by atoms with van der Waals surface area (Å²) in [4.78, 5) is 36.1. The lowest BCUT2D eigenvalue weighted by Crippen LogP contribution is -2.39. The second kappa shape index (κ2) is 8.97. The first-order chi connectivity index (χ1) is 15.4. The molecule has 162 valence electrons. The molecule has 8 heteroatoms. The molecule has 2 heterocycles. The van der Waals surface area contributed by atoms with Gasteiger partial charge in [-0.05, 0) is 55.0 Å². The minimum absolute atomic E-state index is 0.00748. The zero-order chi connectivity index (χ0) is 22.7. The highest BCUT2D eigenvalue weighted by molar-refractivity contribution is 6.18. The minimum Gasteiger partial charge on any atom is -0.497 e. The van der Waals surface area contributed by atoms with Crippen LogP contribution in [0, 0.1) is 12.7 Å². The Morgan fingerprint density at radius 2 is 2.03 bits per heavy atom. The Bertz CT molecular complexity index is 1230. The van der Waals surface area contributed by atoms with Crippen molar-refractivity contribution < 1.29 is 18.7 Å². The lowest BCUT2D eigenvalue weighted by atomic mass is 10.1. The number of nitrogens with zero attached hydrogens (tertiary/aromatic N) is 3. The molecule has 0 saturated heterocycles. The molecule has 1 aromatic heterocycles. The van der Waals surface area contributed by atoms with E-state index in [1.165, 1.54) is 23.1 Å². The van der Waals surface area contributed by atoms with E-state index in [1.807, 2.05) is 18.2 Å². The summed E-state index contributed by atoms with van der Waals surface area (Å²) in [6.45, 7) is 1.36. The third-order valence-corrected chi connectivity index (χ3v) is 5.04. The second-order valence-electron chi connectivity index (χ2n) is 7.31. The summed E-state index contributed by atoms with van der Waals surface area (Å²) >= 11 is 0. The molecule has 3 aromatic rings. The van der Waals surface area contributed by atoms with Gasteiger partial charge in [-0.2, -0.15) is 0 Å². The zero-order valence-corrected chi connectivity index (χ0v) is 17.6. The number of benzene rings is 2. The van der Waals surface area contributed by atoms with Crippen molar-refractivity contribution >= 4 is 34.7 Å². The van der Waals surface area contributed by atoms with E-state index in [0.29, 0.717) is 34.2 Å². The maximum Gasteiger partial charge on any atom is 0.244 e. The van der Waals surface area contributed by atoms with Gasteiger partial charge in [0.25, 0.3) is 0 Å². The molecular weight excluding hydrogens is 411 g/mol. The van der Waals surface area contributed by atoms with Gasteiger partial charge in [-0.15, -0.1) is 0 Å². The molecule has 0 saturated carbocycles. The normalized spacial score (nSPS) is 13.2. The number of aryl methyl sites for hydroxylation is 1. The maximum absolute atomic E-state index is 13.5. The molecule has 2 aromatic carbocycles. The van der Waals surface area contributed by atoms with Crippen molar-refractivity contribution in [2.24, 2.45) is 4.99 Å². The Hall–Kier alpha value is -4.07. The predicted octanol–water partition coefficient (Wildman–Crippen LogP) is 4.03. The van der Waals surface area contributed by atoms with E-state index in [9.17, 15) is 14.0 Å². The number of rotatable bonds is 5. The zero-order valence-electron chi connectivity index (χ0n) is 17.6. The van der Waals surface area contributed by atoms with E-state index in [1.54, 1.807) is 38.4 Å². The monoisotopic (exact) mass is 432 g/mol. The molecule has 4 rings (SSSR count). The number of methoxy groups -OCH3 is 1. The van der Waals surface area contributed by atoms with Crippen LogP contribution in [0.5, 0.6) is 5.75 Å². The number of amides is 2. The average Bonchev–Trinajstić information content (AvgIpc) is 2.93. The highest BCUT2D eigenvalue weighted by atomic mass is 19.1. The number of aromatic nitrogens is 1. The van der Waals surface area contributed by atoms with Crippen LogP contribution in [0.1, 0.15) is 17.5 Å². The van der Waals surface area contributed by atoms with Crippen LogP contribution in [-0.2, 0) is 9.59 Å². The van der Waals surface area contributed by atoms with Gasteiger partial charge in [0.1, 0.15) is 23.8 Å². The Morgan fingerprint density at radius 1 is 1.19 bits per heavy atom. The van der Waals surface area contributed by atoms with Crippen LogP contribution in [0.2, 0.25) is 0 Å². The van der Waals surface area contributed by atoms with Crippen molar-refractivity contribution in [3.05, 3.63) is 77.7 Å². The van der Waals surface area contributed by atoms with Crippen molar-refractivity contribution in [1.29, 1.82) is 0 Å². The number of halogens is 1. The number of aliphatic imine (C=N–C) groups is 1. The van der Waals surface area contributed by atoms with Crippen molar-refractivity contribution in [2.45, 2.75) is 13.3 Å². The summed E-state index contributed by atoms with van der Waals surface area (Å²) in [6.07, 6.45) is 1.54. The quantitative estimate of drug-likeness (QED) is 0.660. The van der Waals surface area contributed by atoms with E-state index in [4.69, 9.17) is 4.74 Å². The number of hydrogen-bond donors (Lipinski definition) is 1. The summed E-state index contributed by atoms with van der Waals surface area (Å²) in [5, 5.41) is 2.71. The lowest BCUT2D eigenvalue weighted by molar-refractivity contribution is -0.120. The lowest BCUT2D eigenvalue weighted by Gasteiger charge is -2.20. The SMILES string of the molecule is COc1cccc(C2=Nc3cccnc3N(CC(=O)Nc3ccc(F)c(C)c3)C(=O)C2)c1. The topological polar surface area (TPSA) is 83.9 Å². The molecule has 7 nitrogen and oxygen atoms in total. The predicted molar refractivity (Wildman–Crippen MR) is 120 cm³/mol. The second-order valence-corrected chi connectivity index (χ2v) is 7.31. The Kier molecular flexibility index (Phi) is 5.93. The summed E-state index contributed by atoms with van der Waals surface area (Å²) in [7, 11) is 1.57. The Morgan fingerprint density at radius 3 is 2.81 bits per heavy atom. The average molecular weight is 432 g/mol. The first-order valence-electron chi connectivity index (χ1n) is 9.98. The molecular formula is C24H21FN4O3. The van der Waals surface area contributed by atoms with Gasteiger partial charge in [0.05, 0.1) is 19.2 Å². The van der Waals surface area contributed by atoms with Crippen LogP contribution < -0.4 is 15.0 Å². The fourth-order valence-electron chi connectivity index (χ4n) is 3.42. The standard InChI is InChI=1S/C24H21FN4O3/c1-15-11-17(8-9-19(15)25)27-22(30)14-29-23(31)13-21(16-5-3-6-18(12-16)32-2)28-20-7-4-10-26-24(20)29/h3-12H,13-14H2,1-2H3,(H,27,30). The number of pyridine rings is 1. The first kappa shape index (κ1) is 21.2. The molecule has 0 fully saturated rings. The van der Waals surface area contributed by atoms with Gasteiger partial charge < -0.3 is 10.1 Å².